The van der Waals surface area contributed by atoms with Crippen LogP contribution in [0.2, 0.25) is 0 Å². The van der Waals surface area contributed by atoms with Gasteiger partial charge < -0.3 is 24.8 Å². The average molecular weight is 381 g/mol. The van der Waals surface area contributed by atoms with Crippen molar-refractivity contribution >= 4 is 23.1 Å². The van der Waals surface area contributed by atoms with Crippen molar-refractivity contribution in [2.45, 2.75) is 20.0 Å². The molecular weight excluding hydrogens is 358 g/mol. The normalized spacial score (nSPS) is 10.5. The van der Waals surface area contributed by atoms with Crippen LogP contribution in [-0.4, -0.2) is 35.5 Å². The molecule has 146 valence electrons. The summed E-state index contributed by atoms with van der Waals surface area (Å²) in [6.45, 7) is 3.98. The fourth-order valence-corrected chi connectivity index (χ4v) is 2.48. The van der Waals surface area contributed by atoms with Gasteiger partial charge in [0.25, 0.3) is 0 Å². The van der Waals surface area contributed by atoms with Crippen LogP contribution in [0.25, 0.3) is 0 Å². The van der Waals surface area contributed by atoms with Crippen molar-refractivity contribution in [1.82, 2.24) is 15.2 Å². The van der Waals surface area contributed by atoms with Crippen molar-refractivity contribution < 1.29 is 14.2 Å². The third-order valence-electron chi connectivity index (χ3n) is 3.71. The standard InChI is InChI=1S/C20H23N5O3/c1-13(2)28-15-7-5-14(6-8-15)22-20-24-19(12-21-25-20)23-17-11-16(26-3)9-10-18(17)27-4/h5-13H,1-4H3,(H2,22,23,24,25). The smallest absolute Gasteiger partial charge is 0.249 e. The van der Waals surface area contributed by atoms with Crippen molar-refractivity contribution in [3.8, 4) is 17.2 Å². The number of ether oxygens (including phenoxy) is 3. The van der Waals surface area contributed by atoms with Gasteiger partial charge in [-0.3, -0.25) is 0 Å². The van der Waals surface area contributed by atoms with Gasteiger partial charge in [-0.1, -0.05) is 0 Å². The molecular formula is C20H23N5O3. The van der Waals surface area contributed by atoms with Crippen molar-refractivity contribution in [2.75, 3.05) is 24.9 Å². The topological polar surface area (TPSA) is 90.4 Å². The summed E-state index contributed by atoms with van der Waals surface area (Å²) in [6, 6.07) is 13.0. The number of hydrogen-bond donors (Lipinski definition) is 2. The molecule has 0 saturated carbocycles. The lowest BCUT2D eigenvalue weighted by Gasteiger charge is -2.13. The van der Waals surface area contributed by atoms with Gasteiger partial charge in [0.1, 0.15) is 17.2 Å². The molecule has 0 saturated heterocycles. The summed E-state index contributed by atoms with van der Waals surface area (Å²) >= 11 is 0. The number of rotatable bonds is 8. The summed E-state index contributed by atoms with van der Waals surface area (Å²) in [5.74, 6) is 3.05. The van der Waals surface area contributed by atoms with E-state index in [9.17, 15) is 0 Å². The van der Waals surface area contributed by atoms with Crippen LogP contribution in [0.4, 0.5) is 23.1 Å². The summed E-state index contributed by atoms with van der Waals surface area (Å²) in [4.78, 5) is 4.44. The molecule has 3 rings (SSSR count). The summed E-state index contributed by atoms with van der Waals surface area (Å²) in [6.07, 6.45) is 1.66. The molecule has 0 spiro atoms. The Labute approximate surface area is 163 Å². The predicted molar refractivity (Wildman–Crippen MR) is 108 cm³/mol. The first-order valence-corrected chi connectivity index (χ1v) is 8.80. The Bertz CT molecular complexity index is 916. The van der Waals surface area contributed by atoms with Gasteiger partial charge in [-0.2, -0.15) is 10.1 Å². The van der Waals surface area contributed by atoms with Gasteiger partial charge in [0.15, 0.2) is 5.82 Å². The van der Waals surface area contributed by atoms with E-state index < -0.39 is 0 Å². The minimum atomic E-state index is 0.128. The Morgan fingerprint density at radius 1 is 0.893 bits per heavy atom. The molecule has 0 amide bonds. The van der Waals surface area contributed by atoms with Crippen molar-refractivity contribution in [2.24, 2.45) is 0 Å². The Balaban J connectivity index is 1.74. The lowest BCUT2D eigenvalue weighted by atomic mass is 10.2. The van der Waals surface area contributed by atoms with E-state index >= 15 is 0 Å². The van der Waals surface area contributed by atoms with Gasteiger partial charge in [0.2, 0.25) is 5.95 Å². The van der Waals surface area contributed by atoms with E-state index in [4.69, 9.17) is 14.2 Å². The number of nitrogens with one attached hydrogen (secondary N) is 2. The quantitative estimate of drug-likeness (QED) is 0.601. The van der Waals surface area contributed by atoms with Crippen molar-refractivity contribution in [1.29, 1.82) is 0 Å². The molecule has 2 N–H and O–H groups in total. The summed E-state index contributed by atoms with van der Waals surface area (Å²) in [7, 11) is 3.21. The fraction of sp³-hybridized carbons (Fsp3) is 0.250. The SMILES string of the molecule is COc1ccc(OC)c(Nc2cnnc(Nc3ccc(OC(C)C)cc3)n2)c1. The highest BCUT2D eigenvalue weighted by Crippen LogP contribution is 2.31. The first-order valence-electron chi connectivity index (χ1n) is 8.80. The van der Waals surface area contributed by atoms with Gasteiger partial charge in [-0.25, -0.2) is 0 Å². The molecule has 8 heteroatoms. The second-order valence-electron chi connectivity index (χ2n) is 6.17. The Kier molecular flexibility index (Phi) is 6.11. The number of hydrogen-bond acceptors (Lipinski definition) is 8. The van der Waals surface area contributed by atoms with E-state index in [1.54, 1.807) is 14.2 Å². The van der Waals surface area contributed by atoms with Crippen LogP contribution in [0.5, 0.6) is 17.2 Å². The molecule has 0 aliphatic heterocycles. The molecule has 0 atom stereocenters. The maximum atomic E-state index is 5.64. The highest BCUT2D eigenvalue weighted by molar-refractivity contribution is 5.66. The monoisotopic (exact) mass is 381 g/mol. The summed E-state index contributed by atoms with van der Waals surface area (Å²) in [5.41, 5.74) is 1.54. The van der Waals surface area contributed by atoms with E-state index in [2.05, 4.69) is 25.8 Å². The number of benzene rings is 2. The minimum absolute atomic E-state index is 0.128. The van der Waals surface area contributed by atoms with Crippen LogP contribution >= 0.6 is 0 Å². The van der Waals surface area contributed by atoms with E-state index in [0.29, 0.717) is 29.0 Å². The average Bonchev–Trinajstić information content (AvgIpc) is 2.69. The molecule has 0 bridgehead atoms. The highest BCUT2D eigenvalue weighted by Gasteiger charge is 2.08. The van der Waals surface area contributed by atoms with Crippen LogP contribution in [0, 0.1) is 0 Å². The van der Waals surface area contributed by atoms with E-state index in [1.807, 2.05) is 56.3 Å². The molecule has 0 aliphatic carbocycles. The van der Waals surface area contributed by atoms with Gasteiger partial charge in [0.05, 0.1) is 32.2 Å². The molecule has 0 fully saturated rings. The minimum Gasteiger partial charge on any atom is -0.497 e. The van der Waals surface area contributed by atoms with Crippen LogP contribution in [0.3, 0.4) is 0 Å². The van der Waals surface area contributed by atoms with E-state index in [1.165, 1.54) is 6.20 Å². The highest BCUT2D eigenvalue weighted by atomic mass is 16.5. The maximum absolute atomic E-state index is 5.64. The first-order chi connectivity index (χ1) is 13.6. The summed E-state index contributed by atoms with van der Waals surface area (Å²) in [5, 5.41) is 14.3. The Hall–Kier alpha value is -3.55. The molecule has 8 nitrogen and oxygen atoms in total. The Morgan fingerprint density at radius 3 is 2.32 bits per heavy atom. The largest absolute Gasteiger partial charge is 0.497 e. The molecule has 1 heterocycles. The first kappa shape index (κ1) is 19.2. The van der Waals surface area contributed by atoms with Gasteiger partial charge >= 0.3 is 0 Å². The van der Waals surface area contributed by atoms with Crippen LogP contribution < -0.4 is 24.8 Å². The maximum Gasteiger partial charge on any atom is 0.249 e. The summed E-state index contributed by atoms with van der Waals surface area (Å²) < 4.78 is 16.3. The third kappa shape index (κ3) is 5.00. The molecule has 3 aromatic rings. The molecule has 28 heavy (non-hydrogen) atoms. The van der Waals surface area contributed by atoms with Crippen molar-refractivity contribution in [3.05, 3.63) is 48.7 Å². The zero-order valence-electron chi connectivity index (χ0n) is 16.3. The number of aromatic nitrogens is 3. The molecule has 2 aromatic carbocycles. The predicted octanol–water partition coefficient (Wildman–Crippen LogP) is 4.16. The lowest BCUT2D eigenvalue weighted by Crippen LogP contribution is -2.05. The third-order valence-corrected chi connectivity index (χ3v) is 3.71. The Morgan fingerprint density at radius 2 is 1.64 bits per heavy atom. The molecule has 0 aliphatic rings. The number of nitrogens with zero attached hydrogens (tertiary/aromatic N) is 3. The van der Waals surface area contributed by atoms with Gasteiger partial charge in [-0.15, -0.1) is 5.10 Å². The molecule has 1 aromatic heterocycles. The van der Waals surface area contributed by atoms with Crippen LogP contribution in [0.15, 0.2) is 48.7 Å². The van der Waals surface area contributed by atoms with Crippen LogP contribution in [-0.2, 0) is 0 Å². The molecule has 0 unspecified atom stereocenters. The zero-order chi connectivity index (χ0) is 19.9. The van der Waals surface area contributed by atoms with Crippen molar-refractivity contribution in [3.63, 3.8) is 0 Å². The van der Waals surface area contributed by atoms with E-state index in [-0.39, 0.29) is 6.10 Å². The second kappa shape index (κ2) is 8.90. The fourth-order valence-electron chi connectivity index (χ4n) is 2.48. The second-order valence-corrected chi connectivity index (χ2v) is 6.17. The van der Waals surface area contributed by atoms with Crippen LogP contribution in [0.1, 0.15) is 13.8 Å². The number of anilines is 4. The van der Waals surface area contributed by atoms with E-state index in [0.717, 1.165) is 11.4 Å². The van der Waals surface area contributed by atoms with Gasteiger partial charge in [-0.05, 0) is 50.2 Å². The lowest BCUT2D eigenvalue weighted by molar-refractivity contribution is 0.242. The molecule has 0 radical (unpaired) electrons. The zero-order valence-corrected chi connectivity index (χ0v) is 16.3. The van der Waals surface area contributed by atoms with Gasteiger partial charge in [0, 0.05) is 11.8 Å². The number of methoxy groups -OCH3 is 2.